The third-order valence-corrected chi connectivity index (χ3v) is 6.78. The number of anilines is 1. The number of hydrazine groups is 1. The summed E-state index contributed by atoms with van der Waals surface area (Å²) in [6.45, 7) is 0. The van der Waals surface area contributed by atoms with Crippen LogP contribution in [-0.4, -0.2) is 38.5 Å². The lowest BCUT2D eigenvalue weighted by Gasteiger charge is -2.44. The summed E-state index contributed by atoms with van der Waals surface area (Å²) in [5.41, 5.74) is 5.74. The zero-order valence-electron chi connectivity index (χ0n) is 16.3. The second-order valence-electron chi connectivity index (χ2n) is 7.01. The normalized spacial score (nSPS) is 18.1. The van der Waals surface area contributed by atoms with Gasteiger partial charge in [-0.25, -0.2) is 15.0 Å². The average molecular weight is 453 g/mol. The fourth-order valence-electron chi connectivity index (χ4n) is 3.57. The minimum absolute atomic E-state index is 0.0204. The van der Waals surface area contributed by atoms with Gasteiger partial charge in [0.05, 0.1) is 17.3 Å². The quantitative estimate of drug-likeness (QED) is 0.340. The van der Waals surface area contributed by atoms with Crippen molar-refractivity contribution < 1.29 is 14.6 Å². The molecule has 4 aromatic rings. The Morgan fingerprint density at radius 3 is 2.74 bits per heavy atom. The lowest BCUT2D eigenvalue weighted by Crippen LogP contribution is -2.58. The van der Waals surface area contributed by atoms with Crippen molar-refractivity contribution in [2.75, 3.05) is 12.5 Å². The van der Waals surface area contributed by atoms with Crippen LogP contribution >= 0.6 is 22.9 Å². The minimum Gasteiger partial charge on any atom is -0.504 e. The molecule has 1 saturated heterocycles. The molecule has 2 atom stereocenters. The molecule has 0 radical (unpaired) electrons. The van der Waals surface area contributed by atoms with Gasteiger partial charge in [-0.1, -0.05) is 36.4 Å². The van der Waals surface area contributed by atoms with E-state index in [1.807, 2.05) is 36.4 Å². The summed E-state index contributed by atoms with van der Waals surface area (Å²) in [7, 11) is 1.47. The summed E-state index contributed by atoms with van der Waals surface area (Å²) in [6.07, 6.45) is 1.47. The van der Waals surface area contributed by atoms with Crippen molar-refractivity contribution >= 4 is 44.9 Å². The van der Waals surface area contributed by atoms with E-state index in [-0.39, 0.29) is 11.7 Å². The summed E-state index contributed by atoms with van der Waals surface area (Å²) >= 11 is 7.88. The summed E-state index contributed by atoms with van der Waals surface area (Å²) < 4.78 is 6.03. The molecule has 1 aliphatic rings. The molecule has 2 unspecified atom stereocenters. The van der Waals surface area contributed by atoms with Crippen molar-refractivity contribution in [3.63, 3.8) is 0 Å². The molecule has 1 aliphatic heterocycles. The highest BCUT2D eigenvalue weighted by atomic mass is 35.5. The molecule has 5 rings (SSSR count). The topological polar surface area (TPSA) is 87.6 Å². The zero-order valence-corrected chi connectivity index (χ0v) is 17.9. The molecular formula is C22H17ClN4O3S. The van der Waals surface area contributed by atoms with Gasteiger partial charge in [-0.05, 0) is 29.3 Å². The summed E-state index contributed by atoms with van der Waals surface area (Å²) in [5, 5.41) is 10.6. The van der Waals surface area contributed by atoms with Crippen LogP contribution in [0.4, 0.5) is 5.82 Å². The number of β-lactam (4-membered cyclic amide) rings is 1. The number of methoxy groups -OCH3 is 1. The van der Waals surface area contributed by atoms with E-state index in [0.29, 0.717) is 11.6 Å². The third kappa shape index (κ3) is 3.34. The van der Waals surface area contributed by atoms with E-state index in [4.69, 9.17) is 16.3 Å². The Hall–Kier alpha value is -3.36. The fourth-order valence-corrected chi connectivity index (χ4v) is 4.99. The Labute approximate surface area is 186 Å². The number of carbonyl (C=O) groups excluding carboxylic acids is 1. The maximum absolute atomic E-state index is 12.5. The van der Waals surface area contributed by atoms with Crippen LogP contribution in [0.5, 0.6) is 11.5 Å². The van der Waals surface area contributed by atoms with E-state index in [9.17, 15) is 9.90 Å². The van der Waals surface area contributed by atoms with Crippen molar-refractivity contribution in [1.29, 1.82) is 0 Å². The van der Waals surface area contributed by atoms with Gasteiger partial charge < -0.3 is 9.84 Å². The zero-order chi connectivity index (χ0) is 21.5. The predicted molar refractivity (Wildman–Crippen MR) is 120 cm³/mol. The number of rotatable bonds is 5. The maximum atomic E-state index is 12.5. The number of aromatic hydroxyl groups is 1. The van der Waals surface area contributed by atoms with Crippen LogP contribution in [0.25, 0.3) is 20.7 Å². The van der Waals surface area contributed by atoms with Gasteiger partial charge in [-0.15, -0.1) is 22.9 Å². The number of ether oxygens (including phenoxy) is 1. The van der Waals surface area contributed by atoms with Crippen LogP contribution < -0.4 is 10.2 Å². The Morgan fingerprint density at radius 1 is 1.16 bits per heavy atom. The van der Waals surface area contributed by atoms with Gasteiger partial charge in [0.25, 0.3) is 5.91 Å². The van der Waals surface area contributed by atoms with E-state index >= 15 is 0 Å². The van der Waals surface area contributed by atoms with Crippen LogP contribution in [0.15, 0.2) is 60.9 Å². The van der Waals surface area contributed by atoms with Crippen LogP contribution in [0, 0.1) is 0 Å². The van der Waals surface area contributed by atoms with Crippen LogP contribution in [0.2, 0.25) is 0 Å². The Morgan fingerprint density at radius 2 is 1.97 bits per heavy atom. The molecule has 0 saturated carbocycles. The molecular weight excluding hydrogens is 436 g/mol. The van der Waals surface area contributed by atoms with Crippen LogP contribution in [0.1, 0.15) is 11.6 Å². The van der Waals surface area contributed by atoms with E-state index < -0.39 is 11.4 Å². The van der Waals surface area contributed by atoms with Gasteiger partial charge >= 0.3 is 0 Å². The number of thiophene rings is 1. The molecule has 3 heterocycles. The van der Waals surface area contributed by atoms with Gasteiger partial charge in [0, 0.05) is 4.88 Å². The van der Waals surface area contributed by atoms with Gasteiger partial charge in [0.15, 0.2) is 17.3 Å². The van der Waals surface area contributed by atoms with E-state index in [0.717, 1.165) is 26.2 Å². The molecule has 0 aliphatic carbocycles. The lowest BCUT2D eigenvalue weighted by atomic mass is 9.95. The second kappa shape index (κ2) is 7.72. The summed E-state index contributed by atoms with van der Waals surface area (Å²) in [4.78, 5) is 22.3. The molecule has 0 bridgehead atoms. The fraction of sp³-hybridized carbons (Fsp3) is 0.136. The molecule has 1 amide bonds. The smallest absolute Gasteiger partial charge is 0.262 e. The van der Waals surface area contributed by atoms with Crippen molar-refractivity contribution in [3.05, 3.63) is 66.5 Å². The van der Waals surface area contributed by atoms with Crippen LogP contribution in [-0.2, 0) is 4.79 Å². The number of alkyl halides is 1. The molecule has 2 aromatic heterocycles. The first kappa shape index (κ1) is 19.6. The number of hydrogen-bond acceptors (Lipinski definition) is 7. The summed E-state index contributed by atoms with van der Waals surface area (Å²) in [6, 6.07) is 16.5. The maximum Gasteiger partial charge on any atom is 0.262 e. The van der Waals surface area contributed by atoms with Gasteiger partial charge in [0.1, 0.15) is 17.7 Å². The number of benzene rings is 2. The van der Waals surface area contributed by atoms with Gasteiger partial charge in [-0.3, -0.25) is 10.2 Å². The first-order valence-electron chi connectivity index (χ1n) is 9.47. The molecule has 9 heteroatoms. The SMILES string of the molecule is COc1cc(C2C(Cl)C(=O)N2Nc2ncnc3cc(-c4ccccc4)sc23)ccc1O. The minimum atomic E-state index is -0.734. The highest BCUT2D eigenvalue weighted by molar-refractivity contribution is 7.22. The first-order chi connectivity index (χ1) is 15.1. The average Bonchev–Trinajstić information content (AvgIpc) is 3.25. The highest BCUT2D eigenvalue weighted by Gasteiger charge is 2.48. The first-order valence-corrected chi connectivity index (χ1v) is 10.7. The number of carbonyl (C=O) groups is 1. The number of hydrogen-bond donors (Lipinski definition) is 2. The molecule has 31 heavy (non-hydrogen) atoms. The van der Waals surface area contributed by atoms with Gasteiger partial charge in [-0.2, -0.15) is 0 Å². The molecule has 7 nitrogen and oxygen atoms in total. The second-order valence-corrected chi connectivity index (χ2v) is 8.53. The van der Waals surface area contributed by atoms with Crippen LogP contribution in [0.3, 0.4) is 0 Å². The number of aromatic nitrogens is 2. The highest BCUT2D eigenvalue weighted by Crippen LogP contribution is 2.42. The third-order valence-electron chi connectivity index (χ3n) is 5.17. The number of fused-ring (bicyclic) bond motifs is 1. The molecule has 1 fully saturated rings. The Kier molecular flexibility index (Phi) is 4.88. The van der Waals surface area contributed by atoms with Crippen molar-refractivity contribution in [2.24, 2.45) is 0 Å². The number of halogens is 1. The Bertz CT molecular complexity index is 1280. The largest absolute Gasteiger partial charge is 0.504 e. The van der Waals surface area contributed by atoms with Crippen molar-refractivity contribution in [2.45, 2.75) is 11.4 Å². The number of nitrogens with one attached hydrogen (secondary N) is 1. The molecule has 156 valence electrons. The predicted octanol–water partition coefficient (Wildman–Crippen LogP) is 4.59. The van der Waals surface area contributed by atoms with Gasteiger partial charge in [0.2, 0.25) is 0 Å². The number of nitrogens with zero attached hydrogens (tertiary/aromatic N) is 3. The molecule has 2 N–H and O–H groups in total. The molecule has 2 aromatic carbocycles. The van der Waals surface area contributed by atoms with Crippen molar-refractivity contribution in [1.82, 2.24) is 15.0 Å². The number of amides is 1. The summed E-state index contributed by atoms with van der Waals surface area (Å²) in [5.74, 6) is 0.609. The van der Waals surface area contributed by atoms with Crippen molar-refractivity contribution in [3.8, 4) is 21.9 Å². The Balaban J connectivity index is 1.48. The van der Waals surface area contributed by atoms with E-state index in [2.05, 4.69) is 15.4 Å². The number of phenols is 1. The van der Waals surface area contributed by atoms with E-state index in [1.54, 1.807) is 23.5 Å². The monoisotopic (exact) mass is 452 g/mol. The standard InChI is InChI=1S/C22H17ClN4O3S/c1-30-16-9-13(7-8-15(16)28)19-18(23)22(29)27(19)26-21-20-14(24-11-25-21)10-17(31-20)12-5-3-2-4-6-12/h2-11,18-19,28H,1H3,(H,24,25,26). The molecule has 0 spiro atoms. The van der Waals surface area contributed by atoms with E-state index in [1.165, 1.54) is 24.5 Å². The number of phenolic OH excluding ortho intramolecular Hbond substituents is 1. The lowest BCUT2D eigenvalue weighted by molar-refractivity contribution is -0.143.